The number of ether oxygens (including phenoxy) is 1. The van der Waals surface area contributed by atoms with Crippen LogP contribution in [0.15, 0.2) is 24.3 Å². The van der Waals surface area contributed by atoms with E-state index in [4.69, 9.17) is 10.5 Å². The van der Waals surface area contributed by atoms with Crippen molar-refractivity contribution in [3.05, 3.63) is 29.8 Å². The van der Waals surface area contributed by atoms with Gasteiger partial charge in [-0.05, 0) is 56.9 Å². The van der Waals surface area contributed by atoms with Crippen LogP contribution in [-0.4, -0.2) is 17.9 Å². The lowest BCUT2D eigenvalue weighted by atomic mass is 10.1. The first kappa shape index (κ1) is 12.1. The number of carbonyl (C=O) groups excluding carboxylic acids is 1. The largest absolute Gasteiger partial charge is 0.490 e. The first-order valence-corrected chi connectivity index (χ1v) is 6.23. The maximum Gasteiger partial charge on any atom is 0.179 e. The number of hydrogen-bond donors (Lipinski definition) is 1. The van der Waals surface area contributed by atoms with Gasteiger partial charge in [-0.2, -0.15) is 0 Å². The molecule has 1 aromatic carbocycles. The van der Waals surface area contributed by atoms with E-state index in [2.05, 4.69) is 0 Å². The SMILES string of the molecule is CC(N)C(=O)c1ccc(OC2CCCC2)cc1. The van der Waals surface area contributed by atoms with Crippen molar-refractivity contribution in [3.63, 3.8) is 0 Å². The molecule has 0 amide bonds. The molecule has 1 unspecified atom stereocenters. The summed E-state index contributed by atoms with van der Waals surface area (Å²) in [6.07, 6.45) is 5.14. The van der Waals surface area contributed by atoms with E-state index < -0.39 is 6.04 Å². The Morgan fingerprint density at radius 3 is 2.41 bits per heavy atom. The number of nitrogens with two attached hydrogens (primary N) is 1. The minimum atomic E-state index is -0.448. The quantitative estimate of drug-likeness (QED) is 0.813. The molecule has 17 heavy (non-hydrogen) atoms. The van der Waals surface area contributed by atoms with Crippen molar-refractivity contribution < 1.29 is 9.53 Å². The molecule has 1 aliphatic rings. The van der Waals surface area contributed by atoms with Crippen molar-refractivity contribution in [2.24, 2.45) is 5.73 Å². The zero-order chi connectivity index (χ0) is 12.3. The van der Waals surface area contributed by atoms with E-state index in [1.807, 2.05) is 12.1 Å². The van der Waals surface area contributed by atoms with Gasteiger partial charge in [-0.3, -0.25) is 4.79 Å². The molecule has 1 atom stereocenters. The predicted molar refractivity (Wildman–Crippen MR) is 67.3 cm³/mol. The van der Waals surface area contributed by atoms with E-state index in [9.17, 15) is 4.79 Å². The molecule has 1 saturated carbocycles. The highest BCUT2D eigenvalue weighted by molar-refractivity contribution is 5.99. The van der Waals surface area contributed by atoms with Crippen LogP contribution in [0.5, 0.6) is 5.75 Å². The van der Waals surface area contributed by atoms with Gasteiger partial charge < -0.3 is 10.5 Å². The zero-order valence-corrected chi connectivity index (χ0v) is 10.2. The number of ketones is 1. The number of carbonyl (C=O) groups is 1. The molecular weight excluding hydrogens is 214 g/mol. The van der Waals surface area contributed by atoms with Crippen LogP contribution in [0.3, 0.4) is 0 Å². The van der Waals surface area contributed by atoms with Gasteiger partial charge in [0.25, 0.3) is 0 Å². The third-order valence-corrected chi connectivity index (χ3v) is 3.16. The lowest BCUT2D eigenvalue weighted by molar-refractivity contribution is 0.0968. The number of Topliss-reactive ketones (excluding diaryl/α,β-unsaturated/α-hetero) is 1. The fourth-order valence-electron chi connectivity index (χ4n) is 2.16. The number of rotatable bonds is 4. The highest BCUT2D eigenvalue weighted by Gasteiger charge is 2.16. The highest BCUT2D eigenvalue weighted by Crippen LogP contribution is 2.24. The molecule has 0 saturated heterocycles. The topological polar surface area (TPSA) is 52.3 Å². The Morgan fingerprint density at radius 2 is 1.88 bits per heavy atom. The van der Waals surface area contributed by atoms with Crippen LogP contribution in [0, 0.1) is 0 Å². The van der Waals surface area contributed by atoms with Gasteiger partial charge in [0.2, 0.25) is 0 Å². The number of hydrogen-bond acceptors (Lipinski definition) is 3. The lowest BCUT2D eigenvalue weighted by Crippen LogP contribution is -2.26. The third kappa shape index (κ3) is 3.07. The van der Waals surface area contributed by atoms with E-state index in [0.29, 0.717) is 11.7 Å². The average Bonchev–Trinajstić information content (AvgIpc) is 2.82. The van der Waals surface area contributed by atoms with Crippen molar-refractivity contribution in [1.82, 2.24) is 0 Å². The van der Waals surface area contributed by atoms with Crippen LogP contribution in [0.2, 0.25) is 0 Å². The van der Waals surface area contributed by atoms with E-state index in [1.165, 1.54) is 12.8 Å². The third-order valence-electron chi connectivity index (χ3n) is 3.16. The molecule has 0 heterocycles. The first-order valence-electron chi connectivity index (χ1n) is 6.23. The Balaban J connectivity index is 1.99. The highest BCUT2D eigenvalue weighted by atomic mass is 16.5. The molecule has 3 heteroatoms. The second-order valence-corrected chi connectivity index (χ2v) is 4.70. The van der Waals surface area contributed by atoms with Gasteiger partial charge in [0.15, 0.2) is 5.78 Å². The zero-order valence-electron chi connectivity index (χ0n) is 10.2. The molecule has 0 aliphatic heterocycles. The Morgan fingerprint density at radius 1 is 1.29 bits per heavy atom. The first-order chi connectivity index (χ1) is 8.16. The predicted octanol–water partition coefficient (Wildman–Crippen LogP) is 2.54. The maximum absolute atomic E-state index is 11.6. The molecule has 0 aromatic heterocycles. The second kappa shape index (κ2) is 5.32. The van der Waals surface area contributed by atoms with Crippen molar-refractivity contribution in [2.45, 2.75) is 44.8 Å². The normalized spacial score (nSPS) is 18.0. The van der Waals surface area contributed by atoms with Crippen LogP contribution >= 0.6 is 0 Å². The van der Waals surface area contributed by atoms with Crippen molar-refractivity contribution in [1.29, 1.82) is 0 Å². The van der Waals surface area contributed by atoms with Crippen molar-refractivity contribution >= 4 is 5.78 Å². The van der Waals surface area contributed by atoms with Gasteiger partial charge >= 0.3 is 0 Å². The van der Waals surface area contributed by atoms with Gasteiger partial charge in [0.1, 0.15) is 5.75 Å². The molecule has 92 valence electrons. The van der Waals surface area contributed by atoms with Crippen molar-refractivity contribution in [2.75, 3.05) is 0 Å². The summed E-state index contributed by atoms with van der Waals surface area (Å²) in [7, 11) is 0. The van der Waals surface area contributed by atoms with Gasteiger partial charge in [0, 0.05) is 5.56 Å². The van der Waals surface area contributed by atoms with Crippen LogP contribution < -0.4 is 10.5 Å². The second-order valence-electron chi connectivity index (χ2n) is 4.70. The average molecular weight is 233 g/mol. The molecule has 2 N–H and O–H groups in total. The molecule has 1 aliphatic carbocycles. The molecule has 1 aromatic rings. The lowest BCUT2D eigenvalue weighted by Gasteiger charge is -2.13. The summed E-state index contributed by atoms with van der Waals surface area (Å²) in [5.74, 6) is 0.815. The molecule has 1 fully saturated rings. The molecule has 3 nitrogen and oxygen atoms in total. The van der Waals surface area contributed by atoms with Crippen molar-refractivity contribution in [3.8, 4) is 5.75 Å². The van der Waals surface area contributed by atoms with Crippen LogP contribution in [0.25, 0.3) is 0 Å². The van der Waals surface area contributed by atoms with E-state index in [0.717, 1.165) is 18.6 Å². The molecule has 0 radical (unpaired) electrons. The summed E-state index contributed by atoms with van der Waals surface area (Å²) in [5, 5.41) is 0. The summed E-state index contributed by atoms with van der Waals surface area (Å²) < 4.78 is 5.83. The summed E-state index contributed by atoms with van der Waals surface area (Å²) in [6, 6.07) is 6.84. The Bertz CT molecular complexity index is 378. The smallest absolute Gasteiger partial charge is 0.179 e. The monoisotopic (exact) mass is 233 g/mol. The summed E-state index contributed by atoms with van der Waals surface area (Å²) in [6.45, 7) is 1.70. The van der Waals surface area contributed by atoms with E-state index in [-0.39, 0.29) is 5.78 Å². The fourth-order valence-corrected chi connectivity index (χ4v) is 2.16. The number of benzene rings is 1. The fraction of sp³-hybridized carbons (Fsp3) is 0.500. The maximum atomic E-state index is 11.6. The van der Waals surface area contributed by atoms with Crippen LogP contribution in [0.4, 0.5) is 0 Å². The standard InChI is InChI=1S/C14H19NO2/c1-10(15)14(16)11-6-8-13(9-7-11)17-12-4-2-3-5-12/h6-10,12H,2-5,15H2,1H3. The Labute approximate surface area is 102 Å². The summed E-state index contributed by atoms with van der Waals surface area (Å²) in [5.41, 5.74) is 6.21. The van der Waals surface area contributed by atoms with Gasteiger partial charge in [-0.25, -0.2) is 0 Å². The molecule has 0 bridgehead atoms. The molecule has 0 spiro atoms. The van der Waals surface area contributed by atoms with Gasteiger partial charge in [-0.1, -0.05) is 0 Å². The van der Waals surface area contributed by atoms with Gasteiger partial charge in [0.05, 0.1) is 12.1 Å². The summed E-state index contributed by atoms with van der Waals surface area (Å²) in [4.78, 5) is 11.6. The summed E-state index contributed by atoms with van der Waals surface area (Å²) >= 11 is 0. The molecular formula is C14H19NO2. The molecule has 2 rings (SSSR count). The minimum Gasteiger partial charge on any atom is -0.490 e. The van der Waals surface area contributed by atoms with E-state index in [1.54, 1.807) is 19.1 Å². The van der Waals surface area contributed by atoms with Crippen LogP contribution in [-0.2, 0) is 0 Å². The Kier molecular flexibility index (Phi) is 3.79. The van der Waals surface area contributed by atoms with E-state index >= 15 is 0 Å². The van der Waals surface area contributed by atoms with Crippen LogP contribution in [0.1, 0.15) is 43.0 Å². The minimum absolute atomic E-state index is 0.0302. The Hall–Kier alpha value is -1.35. The van der Waals surface area contributed by atoms with Gasteiger partial charge in [-0.15, -0.1) is 0 Å².